The van der Waals surface area contributed by atoms with Crippen LogP contribution in [0.15, 0.2) is 24.3 Å². The molecule has 1 saturated heterocycles. The maximum Gasteiger partial charge on any atom is 0.126 e. The fourth-order valence-corrected chi connectivity index (χ4v) is 1.49. The quantitative estimate of drug-likeness (QED) is 0.738. The highest BCUT2D eigenvalue weighted by Gasteiger charge is 2.15. The fourth-order valence-electron chi connectivity index (χ4n) is 1.49. The van der Waals surface area contributed by atoms with Crippen molar-refractivity contribution in [3.63, 3.8) is 0 Å². The minimum atomic E-state index is -0.259. The monoisotopic (exact) mass is 196 g/mol. The highest BCUT2D eigenvalue weighted by atomic mass is 19.1. The van der Waals surface area contributed by atoms with Crippen LogP contribution in [0, 0.1) is 11.7 Å². The van der Waals surface area contributed by atoms with Gasteiger partial charge in [-0.2, -0.15) is 0 Å². The van der Waals surface area contributed by atoms with Gasteiger partial charge >= 0.3 is 0 Å². The van der Waals surface area contributed by atoms with Crippen molar-refractivity contribution in [3.8, 4) is 5.75 Å². The number of hydrogen-bond donors (Lipinski definition) is 0. The Morgan fingerprint density at radius 3 is 3.14 bits per heavy atom. The number of halogens is 1. The van der Waals surface area contributed by atoms with Gasteiger partial charge in [0.1, 0.15) is 11.6 Å². The first kappa shape index (κ1) is 9.46. The van der Waals surface area contributed by atoms with E-state index in [1.807, 2.05) is 0 Å². The van der Waals surface area contributed by atoms with E-state index in [4.69, 9.17) is 9.47 Å². The molecule has 2 nitrogen and oxygen atoms in total. The Morgan fingerprint density at radius 1 is 1.50 bits per heavy atom. The van der Waals surface area contributed by atoms with E-state index in [0.717, 1.165) is 19.6 Å². The minimum Gasteiger partial charge on any atom is -0.493 e. The molecule has 1 aliphatic rings. The van der Waals surface area contributed by atoms with Crippen molar-refractivity contribution >= 4 is 0 Å². The highest BCUT2D eigenvalue weighted by Crippen LogP contribution is 2.16. The normalized spacial score (nSPS) is 21.1. The molecule has 1 atom stereocenters. The van der Waals surface area contributed by atoms with Gasteiger partial charge in [-0.15, -0.1) is 0 Å². The number of benzene rings is 1. The van der Waals surface area contributed by atoms with Gasteiger partial charge in [0.05, 0.1) is 13.2 Å². The van der Waals surface area contributed by atoms with Crippen LogP contribution in [0.4, 0.5) is 4.39 Å². The molecule has 3 heteroatoms. The van der Waals surface area contributed by atoms with Gasteiger partial charge in [0.25, 0.3) is 0 Å². The van der Waals surface area contributed by atoms with Gasteiger partial charge in [-0.3, -0.25) is 0 Å². The average Bonchev–Trinajstić information content (AvgIpc) is 2.67. The molecule has 1 aromatic rings. The Labute approximate surface area is 82.6 Å². The Morgan fingerprint density at radius 2 is 2.43 bits per heavy atom. The van der Waals surface area contributed by atoms with Crippen LogP contribution in [0.5, 0.6) is 5.75 Å². The van der Waals surface area contributed by atoms with Gasteiger partial charge in [-0.1, -0.05) is 6.07 Å². The van der Waals surface area contributed by atoms with Crippen LogP contribution >= 0.6 is 0 Å². The highest BCUT2D eigenvalue weighted by molar-refractivity contribution is 5.22. The number of rotatable bonds is 3. The van der Waals surface area contributed by atoms with Gasteiger partial charge in [0, 0.05) is 18.6 Å². The first-order valence-electron chi connectivity index (χ1n) is 4.81. The zero-order valence-corrected chi connectivity index (χ0v) is 7.91. The van der Waals surface area contributed by atoms with Crippen molar-refractivity contribution in [1.82, 2.24) is 0 Å². The topological polar surface area (TPSA) is 18.5 Å². The summed E-state index contributed by atoms with van der Waals surface area (Å²) in [4.78, 5) is 0. The molecule has 14 heavy (non-hydrogen) atoms. The van der Waals surface area contributed by atoms with Crippen LogP contribution in [-0.4, -0.2) is 19.8 Å². The molecule has 0 N–H and O–H groups in total. The van der Waals surface area contributed by atoms with E-state index < -0.39 is 0 Å². The molecule has 1 fully saturated rings. The second-order valence-electron chi connectivity index (χ2n) is 3.50. The van der Waals surface area contributed by atoms with Gasteiger partial charge in [-0.05, 0) is 18.6 Å². The fraction of sp³-hybridized carbons (Fsp3) is 0.455. The van der Waals surface area contributed by atoms with Crippen LogP contribution in [-0.2, 0) is 4.74 Å². The lowest BCUT2D eigenvalue weighted by molar-refractivity contribution is 0.167. The predicted molar refractivity (Wildman–Crippen MR) is 50.8 cm³/mol. The van der Waals surface area contributed by atoms with Gasteiger partial charge in [-0.25, -0.2) is 4.39 Å². The van der Waals surface area contributed by atoms with Crippen molar-refractivity contribution in [2.45, 2.75) is 6.42 Å². The van der Waals surface area contributed by atoms with Crippen LogP contribution < -0.4 is 4.74 Å². The van der Waals surface area contributed by atoms with Gasteiger partial charge in [0.2, 0.25) is 0 Å². The summed E-state index contributed by atoms with van der Waals surface area (Å²) in [5.74, 6) is 0.792. The first-order valence-corrected chi connectivity index (χ1v) is 4.81. The standard InChI is InChI=1S/C11H13FO2/c12-10-2-1-3-11(6-10)14-8-9-4-5-13-7-9/h1-3,6,9H,4-5,7-8H2. The lowest BCUT2D eigenvalue weighted by Gasteiger charge is -2.09. The molecule has 2 rings (SSSR count). The van der Waals surface area contributed by atoms with E-state index in [-0.39, 0.29) is 5.82 Å². The van der Waals surface area contributed by atoms with Crippen molar-refractivity contribution in [2.75, 3.05) is 19.8 Å². The molecule has 0 saturated carbocycles. The molecule has 0 aliphatic carbocycles. The molecule has 1 unspecified atom stereocenters. The smallest absolute Gasteiger partial charge is 0.126 e. The number of hydrogen-bond acceptors (Lipinski definition) is 2. The summed E-state index contributed by atoms with van der Waals surface area (Å²) in [7, 11) is 0. The predicted octanol–water partition coefficient (Wildman–Crippen LogP) is 2.24. The van der Waals surface area contributed by atoms with E-state index in [0.29, 0.717) is 18.3 Å². The molecule has 0 amide bonds. The van der Waals surface area contributed by atoms with Crippen LogP contribution in [0.2, 0.25) is 0 Å². The zero-order valence-electron chi connectivity index (χ0n) is 7.91. The summed E-state index contributed by atoms with van der Waals surface area (Å²) in [5.41, 5.74) is 0. The van der Waals surface area contributed by atoms with Crippen molar-refractivity contribution in [2.24, 2.45) is 5.92 Å². The summed E-state index contributed by atoms with van der Waals surface area (Å²) in [6.45, 7) is 2.19. The Balaban J connectivity index is 1.85. The molecule has 1 aliphatic heterocycles. The molecule has 76 valence electrons. The Hall–Kier alpha value is -1.09. The molecule has 0 spiro atoms. The summed E-state index contributed by atoms with van der Waals surface area (Å²) in [6.07, 6.45) is 1.04. The van der Waals surface area contributed by atoms with Crippen LogP contribution in [0.25, 0.3) is 0 Å². The second kappa shape index (κ2) is 4.42. The third kappa shape index (κ3) is 2.45. The second-order valence-corrected chi connectivity index (χ2v) is 3.50. The number of ether oxygens (including phenoxy) is 2. The summed E-state index contributed by atoms with van der Waals surface area (Å²) in [5, 5.41) is 0. The molecule has 1 heterocycles. The van der Waals surface area contributed by atoms with Gasteiger partial charge in [0.15, 0.2) is 0 Å². The van der Waals surface area contributed by atoms with Gasteiger partial charge < -0.3 is 9.47 Å². The first-order chi connectivity index (χ1) is 6.84. The van der Waals surface area contributed by atoms with Crippen molar-refractivity contribution in [3.05, 3.63) is 30.1 Å². The summed E-state index contributed by atoms with van der Waals surface area (Å²) >= 11 is 0. The minimum absolute atomic E-state index is 0.259. The zero-order chi connectivity index (χ0) is 9.80. The lowest BCUT2D eigenvalue weighted by atomic mass is 10.1. The SMILES string of the molecule is Fc1cccc(OCC2CCOC2)c1. The Kier molecular flexibility index (Phi) is 2.99. The maximum absolute atomic E-state index is 12.8. The summed E-state index contributed by atoms with van der Waals surface area (Å²) in [6, 6.07) is 6.22. The third-order valence-corrected chi connectivity index (χ3v) is 2.31. The lowest BCUT2D eigenvalue weighted by Crippen LogP contribution is -2.11. The Bertz CT molecular complexity index is 295. The largest absolute Gasteiger partial charge is 0.493 e. The van der Waals surface area contributed by atoms with Crippen molar-refractivity contribution < 1.29 is 13.9 Å². The molecule has 0 radical (unpaired) electrons. The van der Waals surface area contributed by atoms with E-state index in [1.54, 1.807) is 12.1 Å². The van der Waals surface area contributed by atoms with Crippen LogP contribution in [0.3, 0.4) is 0 Å². The van der Waals surface area contributed by atoms with E-state index in [1.165, 1.54) is 12.1 Å². The molecular formula is C11H13FO2. The molecule has 0 bridgehead atoms. The van der Waals surface area contributed by atoms with Crippen molar-refractivity contribution in [1.29, 1.82) is 0 Å². The molecular weight excluding hydrogens is 183 g/mol. The summed E-state index contributed by atoms with van der Waals surface area (Å²) < 4.78 is 23.4. The average molecular weight is 196 g/mol. The van der Waals surface area contributed by atoms with E-state index in [9.17, 15) is 4.39 Å². The third-order valence-electron chi connectivity index (χ3n) is 2.31. The molecule has 1 aromatic carbocycles. The van der Waals surface area contributed by atoms with E-state index in [2.05, 4.69) is 0 Å². The van der Waals surface area contributed by atoms with E-state index >= 15 is 0 Å². The van der Waals surface area contributed by atoms with Crippen LogP contribution in [0.1, 0.15) is 6.42 Å². The maximum atomic E-state index is 12.8. The molecule has 0 aromatic heterocycles.